The van der Waals surface area contributed by atoms with Crippen LogP contribution in [0.1, 0.15) is 88.7 Å². The predicted octanol–water partition coefficient (Wildman–Crippen LogP) is 7.64. The van der Waals surface area contributed by atoms with Crippen molar-refractivity contribution in [2.45, 2.75) is 72.6 Å². The Bertz CT molecular complexity index is 904. The van der Waals surface area contributed by atoms with Crippen LogP contribution in [-0.4, -0.2) is 25.6 Å². The number of allylic oxidation sites excluding steroid dienone is 1. The molecule has 0 radical (unpaired) electrons. The molecule has 0 saturated carbocycles. The summed E-state index contributed by atoms with van der Waals surface area (Å²) >= 11 is 0. The van der Waals surface area contributed by atoms with Gasteiger partial charge >= 0.3 is 0 Å². The van der Waals surface area contributed by atoms with Crippen molar-refractivity contribution in [3.63, 3.8) is 0 Å². The van der Waals surface area contributed by atoms with Gasteiger partial charge in [0.25, 0.3) is 0 Å². The van der Waals surface area contributed by atoms with E-state index in [-0.39, 0.29) is 11.2 Å². The molecule has 0 atom stereocenters. The third kappa shape index (κ3) is 8.27. The van der Waals surface area contributed by atoms with E-state index < -0.39 is 0 Å². The number of unbranched alkanes of at least 4 members (excludes halogenated alkanes) is 2. The van der Waals surface area contributed by atoms with Crippen molar-refractivity contribution in [1.29, 1.82) is 0 Å². The Morgan fingerprint density at radius 3 is 2.00 bits per heavy atom. The molecule has 0 heterocycles. The number of ether oxygens (including phenoxy) is 3. The average Bonchev–Trinajstić information content (AvgIpc) is 2.78. The van der Waals surface area contributed by atoms with Crippen LogP contribution in [0.2, 0.25) is 0 Å². The zero-order valence-electron chi connectivity index (χ0n) is 21.2. The van der Waals surface area contributed by atoms with E-state index in [9.17, 15) is 4.79 Å². The lowest BCUT2D eigenvalue weighted by molar-refractivity contribution is 0.104. The van der Waals surface area contributed by atoms with Gasteiger partial charge in [-0.05, 0) is 67.7 Å². The van der Waals surface area contributed by atoms with Crippen LogP contribution in [0, 0.1) is 0 Å². The molecule has 0 bridgehead atoms. The molecule has 33 heavy (non-hydrogen) atoms. The summed E-state index contributed by atoms with van der Waals surface area (Å²) in [6, 6.07) is 11.3. The van der Waals surface area contributed by atoms with E-state index in [1.54, 1.807) is 18.2 Å². The number of hydrogen-bond acceptors (Lipinski definition) is 4. The number of carbonyl (C=O) groups is 1. The largest absolute Gasteiger partial charge is 0.494 e. The summed E-state index contributed by atoms with van der Waals surface area (Å²) in [6.07, 6.45) is 7.59. The molecule has 0 unspecified atom stereocenters. The maximum Gasteiger partial charge on any atom is 0.185 e. The molecule has 180 valence electrons. The van der Waals surface area contributed by atoms with Crippen LogP contribution >= 0.6 is 0 Å². The number of rotatable bonds is 13. The highest BCUT2D eigenvalue weighted by Gasteiger charge is 2.22. The van der Waals surface area contributed by atoms with E-state index in [1.165, 1.54) is 0 Å². The Morgan fingerprint density at radius 1 is 0.848 bits per heavy atom. The first-order valence-electron chi connectivity index (χ1n) is 12.2. The molecular weight excluding hydrogens is 412 g/mol. The van der Waals surface area contributed by atoms with Gasteiger partial charge in [-0.2, -0.15) is 0 Å². The Labute approximate surface area is 200 Å². The highest BCUT2D eigenvalue weighted by Crippen LogP contribution is 2.38. The van der Waals surface area contributed by atoms with Gasteiger partial charge in [-0.3, -0.25) is 4.79 Å². The first kappa shape index (κ1) is 26.5. The molecule has 4 nitrogen and oxygen atoms in total. The molecule has 0 fully saturated rings. The molecular formula is C29H40O4. The van der Waals surface area contributed by atoms with Gasteiger partial charge in [0, 0.05) is 22.8 Å². The lowest BCUT2D eigenvalue weighted by Gasteiger charge is -2.25. The summed E-state index contributed by atoms with van der Waals surface area (Å²) in [6.45, 7) is 14.7. The van der Waals surface area contributed by atoms with Crippen molar-refractivity contribution >= 4 is 11.9 Å². The molecule has 0 spiro atoms. The van der Waals surface area contributed by atoms with E-state index >= 15 is 0 Å². The van der Waals surface area contributed by atoms with Crippen LogP contribution in [-0.2, 0) is 5.41 Å². The van der Waals surface area contributed by atoms with Crippen molar-refractivity contribution < 1.29 is 19.0 Å². The fraction of sp³-hybridized carbons (Fsp3) is 0.483. The molecule has 2 rings (SSSR count). The van der Waals surface area contributed by atoms with Crippen molar-refractivity contribution in [2.24, 2.45) is 0 Å². The van der Waals surface area contributed by atoms with Crippen LogP contribution in [0.4, 0.5) is 0 Å². The number of benzene rings is 2. The summed E-state index contributed by atoms with van der Waals surface area (Å²) in [4.78, 5) is 12.8. The number of carbonyl (C=O) groups excluding carboxylic acids is 1. The zero-order chi connectivity index (χ0) is 24.3. The fourth-order valence-electron chi connectivity index (χ4n) is 3.34. The van der Waals surface area contributed by atoms with Crippen molar-refractivity contribution in [2.75, 3.05) is 19.8 Å². The van der Waals surface area contributed by atoms with Crippen molar-refractivity contribution in [1.82, 2.24) is 0 Å². The highest BCUT2D eigenvalue weighted by molar-refractivity contribution is 6.07. The van der Waals surface area contributed by atoms with Crippen LogP contribution in [0.25, 0.3) is 6.08 Å². The molecule has 2 aromatic carbocycles. The van der Waals surface area contributed by atoms with Crippen LogP contribution < -0.4 is 14.2 Å². The zero-order valence-corrected chi connectivity index (χ0v) is 21.2. The van der Waals surface area contributed by atoms with Gasteiger partial charge in [0.2, 0.25) is 0 Å². The maximum absolute atomic E-state index is 12.8. The number of ketones is 1. The third-order valence-corrected chi connectivity index (χ3v) is 5.30. The van der Waals surface area contributed by atoms with Gasteiger partial charge in [-0.15, -0.1) is 0 Å². The Kier molecular flexibility index (Phi) is 10.5. The Hall–Kier alpha value is -2.75. The number of hydrogen-bond donors (Lipinski definition) is 0. The minimum atomic E-state index is -0.106. The molecule has 0 amide bonds. The smallest absolute Gasteiger partial charge is 0.185 e. The second kappa shape index (κ2) is 13.1. The molecule has 4 heteroatoms. The van der Waals surface area contributed by atoms with Crippen LogP contribution in [0.3, 0.4) is 0 Å². The molecule has 0 aromatic heterocycles. The molecule has 0 aliphatic rings. The summed E-state index contributed by atoms with van der Waals surface area (Å²) in [5, 5.41) is 0. The van der Waals surface area contributed by atoms with Crippen LogP contribution in [0.5, 0.6) is 17.2 Å². The summed E-state index contributed by atoms with van der Waals surface area (Å²) < 4.78 is 17.7. The Morgan fingerprint density at radius 2 is 1.45 bits per heavy atom. The molecule has 0 saturated heterocycles. The van der Waals surface area contributed by atoms with Crippen molar-refractivity contribution in [3.05, 3.63) is 59.2 Å². The second-order valence-electron chi connectivity index (χ2n) is 9.20. The normalized spacial score (nSPS) is 11.6. The van der Waals surface area contributed by atoms with Gasteiger partial charge in [0.15, 0.2) is 5.78 Å². The van der Waals surface area contributed by atoms with Gasteiger partial charge < -0.3 is 14.2 Å². The van der Waals surface area contributed by atoms with Crippen LogP contribution in [0.15, 0.2) is 42.5 Å². The SMILES string of the molecule is CCCCOc1cc(OCCCC)c(C(C)(C)C)cc1/C=C/C(=O)c1ccc(OCC)cc1. The van der Waals surface area contributed by atoms with E-state index in [1.807, 2.05) is 31.2 Å². The average molecular weight is 453 g/mol. The topological polar surface area (TPSA) is 44.8 Å². The molecule has 2 aromatic rings. The second-order valence-corrected chi connectivity index (χ2v) is 9.20. The minimum Gasteiger partial charge on any atom is -0.494 e. The maximum atomic E-state index is 12.8. The summed E-state index contributed by atoms with van der Waals surface area (Å²) in [7, 11) is 0. The van der Waals surface area contributed by atoms with E-state index in [0.717, 1.165) is 54.1 Å². The lowest BCUT2D eigenvalue weighted by Crippen LogP contribution is -2.15. The minimum absolute atomic E-state index is 0.0573. The summed E-state index contributed by atoms with van der Waals surface area (Å²) in [5.74, 6) is 2.31. The lowest BCUT2D eigenvalue weighted by atomic mass is 9.85. The molecule has 0 aliphatic heterocycles. The first-order valence-corrected chi connectivity index (χ1v) is 12.2. The van der Waals surface area contributed by atoms with Gasteiger partial charge in [-0.25, -0.2) is 0 Å². The van der Waals surface area contributed by atoms with Gasteiger partial charge in [0.05, 0.1) is 19.8 Å². The third-order valence-electron chi connectivity index (χ3n) is 5.30. The van der Waals surface area contributed by atoms with E-state index in [0.29, 0.717) is 25.4 Å². The fourth-order valence-corrected chi connectivity index (χ4v) is 3.34. The standard InChI is InChI=1S/C29H40O4/c1-7-10-18-32-27-21-28(33-19-11-8-2)25(29(4,5)6)20-23(27)14-17-26(30)22-12-15-24(16-13-22)31-9-3/h12-17,20-21H,7-11,18-19H2,1-6H3/b17-14+. The van der Waals surface area contributed by atoms with E-state index in [2.05, 4.69) is 40.7 Å². The summed E-state index contributed by atoms with van der Waals surface area (Å²) in [5.41, 5.74) is 2.51. The predicted molar refractivity (Wildman–Crippen MR) is 137 cm³/mol. The monoisotopic (exact) mass is 452 g/mol. The van der Waals surface area contributed by atoms with Gasteiger partial charge in [-0.1, -0.05) is 47.5 Å². The van der Waals surface area contributed by atoms with Crippen molar-refractivity contribution in [3.8, 4) is 17.2 Å². The van der Waals surface area contributed by atoms with E-state index in [4.69, 9.17) is 14.2 Å². The molecule has 0 aliphatic carbocycles. The quantitative estimate of drug-likeness (QED) is 0.178. The highest BCUT2D eigenvalue weighted by atomic mass is 16.5. The Balaban J connectivity index is 2.37. The first-order chi connectivity index (χ1) is 15.8. The molecule has 0 N–H and O–H groups in total. The van der Waals surface area contributed by atoms with Gasteiger partial charge in [0.1, 0.15) is 17.2 Å².